The number of amides is 2. The molecule has 0 radical (unpaired) electrons. The minimum Gasteiger partial charge on any atom is -0.353 e. The van der Waals surface area contributed by atoms with Crippen molar-refractivity contribution in [2.24, 2.45) is 5.92 Å². The van der Waals surface area contributed by atoms with E-state index in [-0.39, 0.29) is 30.3 Å². The Morgan fingerprint density at radius 1 is 1.25 bits per heavy atom. The third-order valence-corrected chi connectivity index (χ3v) is 5.04. The molecule has 24 heavy (non-hydrogen) atoms. The summed E-state index contributed by atoms with van der Waals surface area (Å²) < 4.78 is 0. The third-order valence-electron chi connectivity index (χ3n) is 5.04. The van der Waals surface area contributed by atoms with Gasteiger partial charge in [-0.2, -0.15) is 0 Å². The molecule has 140 valence electrons. The number of nitrogens with zero attached hydrogens (tertiary/aromatic N) is 2. The van der Waals surface area contributed by atoms with Gasteiger partial charge in [0.1, 0.15) is 0 Å². The fourth-order valence-electron chi connectivity index (χ4n) is 3.37. The maximum atomic E-state index is 12.6. The Morgan fingerprint density at radius 2 is 1.92 bits per heavy atom. The van der Waals surface area contributed by atoms with Gasteiger partial charge in [0.2, 0.25) is 11.8 Å². The summed E-state index contributed by atoms with van der Waals surface area (Å²) in [5, 5.41) is 6.39. The molecule has 2 saturated heterocycles. The van der Waals surface area contributed by atoms with Crippen LogP contribution in [0.15, 0.2) is 0 Å². The molecule has 1 unspecified atom stereocenters. The van der Waals surface area contributed by atoms with Gasteiger partial charge in [0.15, 0.2) is 0 Å². The summed E-state index contributed by atoms with van der Waals surface area (Å²) >= 11 is 0. The van der Waals surface area contributed by atoms with Crippen molar-refractivity contribution in [1.29, 1.82) is 0 Å². The van der Waals surface area contributed by atoms with Crippen molar-refractivity contribution < 1.29 is 9.59 Å². The van der Waals surface area contributed by atoms with E-state index in [1.165, 1.54) is 0 Å². The molecule has 0 aromatic rings. The predicted octanol–water partition coefficient (Wildman–Crippen LogP) is 0.855. The zero-order chi connectivity index (χ0) is 16.8. The smallest absolute Gasteiger partial charge is 0.234 e. The van der Waals surface area contributed by atoms with E-state index in [0.29, 0.717) is 18.5 Å². The monoisotopic (exact) mass is 360 g/mol. The molecular weight excluding hydrogens is 328 g/mol. The Bertz CT molecular complexity index is 413. The van der Waals surface area contributed by atoms with Gasteiger partial charge in [0.05, 0.1) is 6.54 Å². The van der Waals surface area contributed by atoms with E-state index in [2.05, 4.69) is 29.4 Å². The summed E-state index contributed by atoms with van der Waals surface area (Å²) in [5.74, 6) is 0.569. The Labute approximate surface area is 152 Å². The fourth-order valence-corrected chi connectivity index (χ4v) is 3.37. The molecule has 3 atom stereocenters. The van der Waals surface area contributed by atoms with Crippen LogP contribution in [0.1, 0.15) is 40.0 Å². The van der Waals surface area contributed by atoms with Crippen LogP contribution >= 0.6 is 12.4 Å². The average Bonchev–Trinajstić information content (AvgIpc) is 2.54. The highest BCUT2D eigenvalue weighted by molar-refractivity contribution is 5.85. The second-order valence-corrected chi connectivity index (χ2v) is 7.05. The first-order valence-electron chi connectivity index (χ1n) is 9.03. The molecule has 0 aliphatic carbocycles. The van der Waals surface area contributed by atoms with Gasteiger partial charge in [-0.15, -0.1) is 12.4 Å². The van der Waals surface area contributed by atoms with E-state index in [1.807, 2.05) is 11.8 Å². The zero-order valence-corrected chi connectivity index (χ0v) is 16.0. The normalized spacial score (nSPS) is 26.4. The quantitative estimate of drug-likeness (QED) is 0.763. The van der Waals surface area contributed by atoms with Crippen LogP contribution in [0.5, 0.6) is 0 Å². The van der Waals surface area contributed by atoms with Crippen molar-refractivity contribution in [1.82, 2.24) is 20.4 Å². The minimum absolute atomic E-state index is 0. The number of carbonyl (C=O) groups excluding carboxylic acids is 2. The van der Waals surface area contributed by atoms with E-state index in [9.17, 15) is 9.59 Å². The first-order valence-corrected chi connectivity index (χ1v) is 9.03. The van der Waals surface area contributed by atoms with Crippen molar-refractivity contribution in [2.75, 3.05) is 39.3 Å². The maximum Gasteiger partial charge on any atom is 0.234 e. The standard InChI is InChI=1S/C17H32N4O2.ClH/c1-4-13(2)19-16(22)12-20-7-9-21(10-8-20)17(23)15-5-6-18-14(3)11-15;/h13-15,18H,4-12H2,1-3H3,(H,19,22);1H/t13?,14-,15-;/m0./s1. The fraction of sp³-hybridized carbons (Fsp3) is 0.882. The molecule has 6 nitrogen and oxygen atoms in total. The molecule has 2 N–H and O–H groups in total. The van der Waals surface area contributed by atoms with Gasteiger partial charge in [-0.3, -0.25) is 14.5 Å². The summed E-state index contributed by atoms with van der Waals surface area (Å²) in [6.45, 7) is 10.7. The van der Waals surface area contributed by atoms with Crippen molar-refractivity contribution in [2.45, 2.75) is 52.1 Å². The van der Waals surface area contributed by atoms with Crippen LogP contribution < -0.4 is 10.6 Å². The van der Waals surface area contributed by atoms with Crippen LogP contribution in [0, 0.1) is 5.92 Å². The highest BCUT2D eigenvalue weighted by atomic mass is 35.5. The highest BCUT2D eigenvalue weighted by Crippen LogP contribution is 2.19. The van der Waals surface area contributed by atoms with Gasteiger partial charge in [0.25, 0.3) is 0 Å². The van der Waals surface area contributed by atoms with Gasteiger partial charge >= 0.3 is 0 Å². The first-order chi connectivity index (χ1) is 11.0. The molecule has 0 saturated carbocycles. The largest absolute Gasteiger partial charge is 0.353 e. The third kappa shape index (κ3) is 6.22. The molecule has 2 aliphatic heterocycles. The van der Waals surface area contributed by atoms with E-state index in [0.717, 1.165) is 52.0 Å². The van der Waals surface area contributed by atoms with Crippen LogP contribution in [-0.2, 0) is 9.59 Å². The van der Waals surface area contributed by atoms with E-state index >= 15 is 0 Å². The van der Waals surface area contributed by atoms with E-state index in [1.54, 1.807) is 0 Å². The number of carbonyl (C=O) groups is 2. The van der Waals surface area contributed by atoms with Crippen LogP contribution in [-0.4, -0.2) is 73.0 Å². The molecular formula is C17H33ClN4O2. The minimum atomic E-state index is 0. The van der Waals surface area contributed by atoms with E-state index < -0.39 is 0 Å². The van der Waals surface area contributed by atoms with Gasteiger partial charge in [0, 0.05) is 44.2 Å². The lowest BCUT2D eigenvalue weighted by molar-refractivity contribution is -0.138. The molecule has 2 rings (SSSR count). The Kier molecular flexibility index (Phi) is 9.02. The molecule has 0 aromatic heterocycles. The Hall–Kier alpha value is -0.850. The summed E-state index contributed by atoms with van der Waals surface area (Å²) in [7, 11) is 0. The predicted molar refractivity (Wildman–Crippen MR) is 98.4 cm³/mol. The lowest BCUT2D eigenvalue weighted by atomic mass is 9.92. The summed E-state index contributed by atoms with van der Waals surface area (Å²) in [6.07, 6.45) is 2.83. The number of hydrogen-bond donors (Lipinski definition) is 2. The van der Waals surface area contributed by atoms with Crippen molar-refractivity contribution in [3.8, 4) is 0 Å². The van der Waals surface area contributed by atoms with Crippen LogP contribution in [0.25, 0.3) is 0 Å². The summed E-state index contributed by atoms with van der Waals surface area (Å²) in [6, 6.07) is 0.663. The lowest BCUT2D eigenvalue weighted by Gasteiger charge is -2.37. The zero-order valence-electron chi connectivity index (χ0n) is 15.2. The van der Waals surface area contributed by atoms with Crippen LogP contribution in [0.4, 0.5) is 0 Å². The van der Waals surface area contributed by atoms with Crippen molar-refractivity contribution in [3.05, 3.63) is 0 Å². The van der Waals surface area contributed by atoms with Crippen molar-refractivity contribution >= 4 is 24.2 Å². The van der Waals surface area contributed by atoms with Crippen LogP contribution in [0.3, 0.4) is 0 Å². The SMILES string of the molecule is CCC(C)NC(=O)CN1CCN(C(=O)[C@H]2CCN[C@@H](C)C2)CC1.Cl. The van der Waals surface area contributed by atoms with Crippen LogP contribution in [0.2, 0.25) is 0 Å². The number of rotatable bonds is 5. The highest BCUT2D eigenvalue weighted by Gasteiger charge is 2.30. The number of nitrogens with one attached hydrogen (secondary N) is 2. The molecule has 2 amide bonds. The molecule has 7 heteroatoms. The molecule has 0 spiro atoms. The Balaban J connectivity index is 0.00000288. The van der Waals surface area contributed by atoms with Gasteiger partial charge in [-0.25, -0.2) is 0 Å². The molecule has 2 heterocycles. The van der Waals surface area contributed by atoms with Gasteiger partial charge in [-0.05, 0) is 39.7 Å². The molecule has 0 bridgehead atoms. The maximum absolute atomic E-state index is 12.6. The van der Waals surface area contributed by atoms with Gasteiger partial charge in [-0.1, -0.05) is 6.92 Å². The average molecular weight is 361 g/mol. The van der Waals surface area contributed by atoms with Crippen molar-refractivity contribution in [3.63, 3.8) is 0 Å². The number of piperazine rings is 1. The van der Waals surface area contributed by atoms with Gasteiger partial charge < -0.3 is 15.5 Å². The van der Waals surface area contributed by atoms with E-state index in [4.69, 9.17) is 0 Å². The second kappa shape index (κ2) is 10.2. The first kappa shape index (κ1) is 21.2. The topological polar surface area (TPSA) is 64.7 Å². The Morgan fingerprint density at radius 3 is 2.50 bits per heavy atom. The number of piperidine rings is 1. The molecule has 0 aromatic carbocycles. The number of halogens is 1. The lowest BCUT2D eigenvalue weighted by Crippen LogP contribution is -2.53. The molecule has 2 aliphatic rings. The summed E-state index contributed by atoms with van der Waals surface area (Å²) in [4.78, 5) is 28.7. The molecule has 2 fully saturated rings. The summed E-state index contributed by atoms with van der Waals surface area (Å²) in [5.41, 5.74) is 0. The second-order valence-electron chi connectivity index (χ2n) is 7.05. The number of hydrogen-bond acceptors (Lipinski definition) is 4.